The summed E-state index contributed by atoms with van der Waals surface area (Å²) in [5, 5.41) is 2.82. The van der Waals surface area contributed by atoms with E-state index in [9.17, 15) is 4.79 Å². The molecule has 2 heterocycles. The first-order chi connectivity index (χ1) is 8.15. The summed E-state index contributed by atoms with van der Waals surface area (Å²) in [6.07, 6.45) is 5.44. The van der Waals surface area contributed by atoms with Crippen LogP contribution in [0.25, 0.3) is 0 Å². The number of rotatable bonds is 3. The number of nitrogens with one attached hydrogen (secondary N) is 1. The predicted octanol–water partition coefficient (Wildman–Crippen LogP) is 1.30. The van der Waals surface area contributed by atoms with Gasteiger partial charge in [0.1, 0.15) is 5.82 Å². The number of pyridine rings is 1. The maximum atomic E-state index is 11.8. The molecular weight excluding hydrogens is 216 g/mol. The summed E-state index contributed by atoms with van der Waals surface area (Å²) in [5.74, 6) is 0.665. The topological polar surface area (TPSA) is 59.8 Å². The molecular formula is C12H14N4O. The highest BCUT2D eigenvalue weighted by molar-refractivity contribution is 5.91. The molecule has 0 spiro atoms. The van der Waals surface area contributed by atoms with Gasteiger partial charge in [-0.05, 0) is 19.1 Å². The van der Waals surface area contributed by atoms with Crippen molar-refractivity contribution in [1.29, 1.82) is 0 Å². The summed E-state index contributed by atoms with van der Waals surface area (Å²) >= 11 is 0. The van der Waals surface area contributed by atoms with Crippen LogP contribution in [0.3, 0.4) is 0 Å². The number of amides is 1. The summed E-state index contributed by atoms with van der Waals surface area (Å²) in [7, 11) is 1.87. The maximum Gasteiger partial charge on any atom is 0.231 e. The van der Waals surface area contributed by atoms with Crippen molar-refractivity contribution in [3.05, 3.63) is 42.2 Å². The SMILES string of the molecule is Cc1cc(NC(=O)Cc2nccn2C)ccn1. The van der Waals surface area contributed by atoms with Crippen molar-refractivity contribution in [1.82, 2.24) is 14.5 Å². The lowest BCUT2D eigenvalue weighted by molar-refractivity contribution is -0.115. The molecule has 2 aromatic rings. The van der Waals surface area contributed by atoms with Crippen molar-refractivity contribution in [2.75, 3.05) is 5.32 Å². The molecule has 1 amide bonds. The predicted molar refractivity (Wildman–Crippen MR) is 64.5 cm³/mol. The Morgan fingerprint density at radius 3 is 2.88 bits per heavy atom. The van der Waals surface area contributed by atoms with Crippen LogP contribution in [0, 0.1) is 6.92 Å². The van der Waals surface area contributed by atoms with Crippen LogP contribution < -0.4 is 5.32 Å². The average molecular weight is 230 g/mol. The molecule has 2 aromatic heterocycles. The van der Waals surface area contributed by atoms with E-state index in [0.717, 1.165) is 17.2 Å². The van der Waals surface area contributed by atoms with Gasteiger partial charge in [0, 0.05) is 37.0 Å². The van der Waals surface area contributed by atoms with Crippen molar-refractivity contribution in [3.63, 3.8) is 0 Å². The normalized spacial score (nSPS) is 10.2. The molecule has 0 saturated heterocycles. The minimum Gasteiger partial charge on any atom is -0.338 e. The Labute approximate surface area is 99.5 Å². The molecule has 17 heavy (non-hydrogen) atoms. The van der Waals surface area contributed by atoms with Gasteiger partial charge in [0.15, 0.2) is 0 Å². The Morgan fingerprint density at radius 1 is 1.41 bits per heavy atom. The molecule has 5 heteroatoms. The fourth-order valence-corrected chi connectivity index (χ4v) is 1.54. The fourth-order valence-electron chi connectivity index (χ4n) is 1.54. The number of anilines is 1. The molecule has 0 unspecified atom stereocenters. The van der Waals surface area contributed by atoms with Crippen LogP contribution in [0.15, 0.2) is 30.7 Å². The average Bonchev–Trinajstić information content (AvgIpc) is 2.64. The number of hydrogen-bond acceptors (Lipinski definition) is 3. The lowest BCUT2D eigenvalue weighted by Gasteiger charge is -2.05. The van der Waals surface area contributed by atoms with Crippen molar-refractivity contribution in [2.45, 2.75) is 13.3 Å². The third-order valence-corrected chi connectivity index (χ3v) is 2.42. The molecule has 0 aliphatic rings. The maximum absolute atomic E-state index is 11.8. The summed E-state index contributed by atoms with van der Waals surface area (Å²) in [6.45, 7) is 1.88. The highest BCUT2D eigenvalue weighted by Crippen LogP contribution is 2.07. The second-order valence-electron chi connectivity index (χ2n) is 3.87. The van der Waals surface area contributed by atoms with E-state index in [1.807, 2.05) is 30.8 Å². The number of imidazole rings is 1. The number of hydrogen-bond donors (Lipinski definition) is 1. The van der Waals surface area contributed by atoms with E-state index in [-0.39, 0.29) is 12.3 Å². The van der Waals surface area contributed by atoms with Crippen LogP contribution in [0.2, 0.25) is 0 Å². The lowest BCUT2D eigenvalue weighted by Crippen LogP contribution is -2.16. The standard InChI is InChI=1S/C12H14N4O/c1-9-7-10(3-4-13-9)15-12(17)8-11-14-5-6-16(11)2/h3-7H,8H2,1-2H3,(H,13,15,17). The minimum atomic E-state index is -0.0788. The molecule has 0 bridgehead atoms. The van der Waals surface area contributed by atoms with E-state index in [2.05, 4.69) is 15.3 Å². The first-order valence-corrected chi connectivity index (χ1v) is 5.34. The molecule has 1 N–H and O–H groups in total. The number of aryl methyl sites for hydroxylation is 2. The van der Waals surface area contributed by atoms with Crippen molar-refractivity contribution in [2.24, 2.45) is 7.05 Å². The van der Waals surface area contributed by atoms with Gasteiger partial charge < -0.3 is 9.88 Å². The molecule has 2 rings (SSSR count). The third kappa shape index (κ3) is 2.90. The monoisotopic (exact) mass is 230 g/mol. The summed E-state index contributed by atoms with van der Waals surface area (Å²) in [5.41, 5.74) is 1.64. The molecule has 0 fully saturated rings. The Bertz CT molecular complexity index is 533. The van der Waals surface area contributed by atoms with Gasteiger partial charge in [-0.3, -0.25) is 9.78 Å². The zero-order chi connectivity index (χ0) is 12.3. The Morgan fingerprint density at radius 2 is 2.24 bits per heavy atom. The number of carbonyl (C=O) groups is 1. The number of carbonyl (C=O) groups excluding carboxylic acids is 1. The van der Waals surface area contributed by atoms with Gasteiger partial charge in [-0.25, -0.2) is 4.98 Å². The Balaban J connectivity index is 2.01. The summed E-state index contributed by atoms with van der Waals surface area (Å²) < 4.78 is 1.83. The second-order valence-corrected chi connectivity index (χ2v) is 3.87. The molecule has 0 saturated carbocycles. The first kappa shape index (κ1) is 11.3. The van der Waals surface area contributed by atoms with Crippen LogP contribution in [0.5, 0.6) is 0 Å². The summed E-state index contributed by atoms with van der Waals surface area (Å²) in [4.78, 5) is 19.9. The van der Waals surface area contributed by atoms with E-state index in [1.165, 1.54) is 0 Å². The quantitative estimate of drug-likeness (QED) is 0.864. The third-order valence-electron chi connectivity index (χ3n) is 2.42. The second kappa shape index (κ2) is 4.78. The molecule has 0 aromatic carbocycles. The van der Waals surface area contributed by atoms with Crippen molar-refractivity contribution >= 4 is 11.6 Å². The van der Waals surface area contributed by atoms with E-state index >= 15 is 0 Å². The first-order valence-electron chi connectivity index (χ1n) is 5.34. The Kier molecular flexibility index (Phi) is 3.18. The van der Waals surface area contributed by atoms with E-state index in [4.69, 9.17) is 0 Å². The van der Waals surface area contributed by atoms with Gasteiger partial charge in [-0.2, -0.15) is 0 Å². The molecule has 5 nitrogen and oxygen atoms in total. The zero-order valence-electron chi connectivity index (χ0n) is 9.84. The summed E-state index contributed by atoms with van der Waals surface area (Å²) in [6, 6.07) is 3.60. The molecule has 0 aliphatic heterocycles. The van der Waals surface area contributed by atoms with E-state index in [0.29, 0.717) is 0 Å². The van der Waals surface area contributed by atoms with Crippen LogP contribution >= 0.6 is 0 Å². The largest absolute Gasteiger partial charge is 0.338 e. The van der Waals surface area contributed by atoms with Gasteiger partial charge in [0.25, 0.3) is 0 Å². The van der Waals surface area contributed by atoms with Gasteiger partial charge in [0.05, 0.1) is 6.42 Å². The van der Waals surface area contributed by atoms with Crippen molar-refractivity contribution in [3.8, 4) is 0 Å². The van der Waals surface area contributed by atoms with Gasteiger partial charge in [-0.1, -0.05) is 0 Å². The Hall–Kier alpha value is -2.17. The van der Waals surface area contributed by atoms with Gasteiger partial charge in [-0.15, -0.1) is 0 Å². The van der Waals surface area contributed by atoms with Gasteiger partial charge >= 0.3 is 0 Å². The van der Waals surface area contributed by atoms with Crippen LogP contribution in [0.1, 0.15) is 11.5 Å². The highest BCUT2D eigenvalue weighted by atomic mass is 16.1. The van der Waals surface area contributed by atoms with Crippen LogP contribution in [-0.2, 0) is 18.3 Å². The van der Waals surface area contributed by atoms with Crippen LogP contribution in [0.4, 0.5) is 5.69 Å². The molecule has 0 radical (unpaired) electrons. The number of nitrogens with zero attached hydrogens (tertiary/aromatic N) is 3. The smallest absolute Gasteiger partial charge is 0.231 e. The van der Waals surface area contributed by atoms with E-state index in [1.54, 1.807) is 18.5 Å². The van der Waals surface area contributed by atoms with Crippen LogP contribution in [-0.4, -0.2) is 20.4 Å². The van der Waals surface area contributed by atoms with Crippen molar-refractivity contribution < 1.29 is 4.79 Å². The molecule has 0 atom stereocenters. The minimum absolute atomic E-state index is 0.0788. The zero-order valence-corrected chi connectivity index (χ0v) is 9.84. The number of aromatic nitrogens is 3. The van der Waals surface area contributed by atoms with Gasteiger partial charge in [0.2, 0.25) is 5.91 Å². The molecule has 88 valence electrons. The lowest BCUT2D eigenvalue weighted by atomic mass is 10.3. The fraction of sp³-hybridized carbons (Fsp3) is 0.250. The van der Waals surface area contributed by atoms with E-state index < -0.39 is 0 Å². The highest BCUT2D eigenvalue weighted by Gasteiger charge is 2.07. The molecule has 0 aliphatic carbocycles.